The van der Waals surface area contributed by atoms with E-state index in [9.17, 15) is 4.79 Å². The van der Waals surface area contributed by atoms with Crippen molar-refractivity contribution in [2.75, 3.05) is 13.1 Å². The van der Waals surface area contributed by atoms with E-state index in [2.05, 4.69) is 19.7 Å². The Bertz CT molecular complexity index is 427. The van der Waals surface area contributed by atoms with Gasteiger partial charge < -0.3 is 9.67 Å². The Balaban J connectivity index is 1.78. The molecule has 1 aliphatic heterocycles. The van der Waals surface area contributed by atoms with Crippen molar-refractivity contribution in [3.63, 3.8) is 0 Å². The molecule has 18 heavy (non-hydrogen) atoms. The molecule has 100 valence electrons. The first-order valence-corrected chi connectivity index (χ1v) is 6.31. The lowest BCUT2D eigenvalue weighted by molar-refractivity contribution is -0.147. The molecule has 0 spiro atoms. The SMILES string of the molecule is CC(C)(CCCN1CCn2cnnc2C1)C(=O)O. The summed E-state index contributed by atoms with van der Waals surface area (Å²) in [7, 11) is 0. The van der Waals surface area contributed by atoms with Crippen LogP contribution in [-0.4, -0.2) is 43.8 Å². The average Bonchev–Trinajstić information content (AvgIpc) is 2.75. The fourth-order valence-electron chi connectivity index (χ4n) is 2.16. The van der Waals surface area contributed by atoms with Crippen molar-refractivity contribution in [2.24, 2.45) is 5.41 Å². The van der Waals surface area contributed by atoms with E-state index in [0.717, 1.165) is 38.4 Å². The molecule has 1 aliphatic rings. The molecular weight excluding hydrogens is 232 g/mol. The van der Waals surface area contributed by atoms with E-state index in [4.69, 9.17) is 5.11 Å². The summed E-state index contributed by atoms with van der Waals surface area (Å²) in [5.41, 5.74) is -0.629. The Morgan fingerprint density at radius 3 is 3.00 bits per heavy atom. The zero-order chi connectivity index (χ0) is 13.2. The lowest BCUT2D eigenvalue weighted by Crippen LogP contribution is -2.35. The highest BCUT2D eigenvalue weighted by molar-refractivity contribution is 5.73. The van der Waals surface area contributed by atoms with Crippen molar-refractivity contribution >= 4 is 5.97 Å². The number of carbonyl (C=O) groups is 1. The van der Waals surface area contributed by atoms with E-state index in [1.54, 1.807) is 20.2 Å². The first-order valence-electron chi connectivity index (χ1n) is 6.31. The zero-order valence-electron chi connectivity index (χ0n) is 11.0. The standard InChI is InChI=1S/C12H20N4O2/c1-12(2,11(17)18)4-3-5-15-6-7-16-9-13-14-10(16)8-15/h9H,3-8H2,1-2H3,(H,17,18). The summed E-state index contributed by atoms with van der Waals surface area (Å²) in [5, 5.41) is 17.0. The molecule has 0 amide bonds. The van der Waals surface area contributed by atoms with Gasteiger partial charge in [0.15, 0.2) is 0 Å². The van der Waals surface area contributed by atoms with Crippen molar-refractivity contribution in [1.29, 1.82) is 0 Å². The Kier molecular flexibility index (Phi) is 3.65. The molecule has 0 atom stereocenters. The molecule has 0 radical (unpaired) electrons. The molecule has 0 unspecified atom stereocenters. The van der Waals surface area contributed by atoms with Gasteiger partial charge in [-0.1, -0.05) is 0 Å². The Labute approximate surface area is 107 Å². The topological polar surface area (TPSA) is 71.2 Å². The summed E-state index contributed by atoms with van der Waals surface area (Å²) in [4.78, 5) is 13.3. The van der Waals surface area contributed by atoms with Crippen LogP contribution in [-0.2, 0) is 17.9 Å². The summed E-state index contributed by atoms with van der Waals surface area (Å²) in [6.07, 6.45) is 3.36. The third kappa shape index (κ3) is 2.87. The van der Waals surface area contributed by atoms with Gasteiger partial charge in [-0.15, -0.1) is 10.2 Å². The molecule has 6 heteroatoms. The van der Waals surface area contributed by atoms with Gasteiger partial charge in [0.2, 0.25) is 0 Å². The lowest BCUT2D eigenvalue weighted by Gasteiger charge is -2.28. The monoisotopic (exact) mass is 252 g/mol. The van der Waals surface area contributed by atoms with E-state index >= 15 is 0 Å². The van der Waals surface area contributed by atoms with Gasteiger partial charge in [0, 0.05) is 13.1 Å². The van der Waals surface area contributed by atoms with Gasteiger partial charge in [-0.3, -0.25) is 9.69 Å². The molecule has 0 fully saturated rings. The number of fused-ring (bicyclic) bond motifs is 1. The highest BCUT2D eigenvalue weighted by Gasteiger charge is 2.27. The van der Waals surface area contributed by atoms with Crippen LogP contribution in [0.25, 0.3) is 0 Å². The van der Waals surface area contributed by atoms with Gasteiger partial charge >= 0.3 is 5.97 Å². The molecule has 0 bridgehead atoms. The maximum absolute atomic E-state index is 11.0. The molecule has 0 saturated carbocycles. The summed E-state index contributed by atoms with van der Waals surface area (Å²) in [6, 6.07) is 0. The van der Waals surface area contributed by atoms with Crippen LogP contribution in [0.2, 0.25) is 0 Å². The van der Waals surface area contributed by atoms with Gasteiger partial charge in [-0.25, -0.2) is 0 Å². The highest BCUT2D eigenvalue weighted by atomic mass is 16.4. The Morgan fingerprint density at radius 2 is 2.28 bits per heavy atom. The maximum atomic E-state index is 11.0. The summed E-state index contributed by atoms with van der Waals surface area (Å²) >= 11 is 0. The number of hydrogen-bond donors (Lipinski definition) is 1. The van der Waals surface area contributed by atoms with E-state index in [-0.39, 0.29) is 0 Å². The Hall–Kier alpha value is -1.43. The van der Waals surface area contributed by atoms with Crippen molar-refractivity contribution in [1.82, 2.24) is 19.7 Å². The smallest absolute Gasteiger partial charge is 0.309 e. The van der Waals surface area contributed by atoms with Gasteiger partial charge in [-0.05, 0) is 33.2 Å². The second-order valence-electron chi connectivity index (χ2n) is 5.51. The number of aromatic nitrogens is 3. The molecule has 2 heterocycles. The minimum Gasteiger partial charge on any atom is -0.481 e. The van der Waals surface area contributed by atoms with Crippen molar-refractivity contribution in [2.45, 2.75) is 39.8 Å². The number of carboxylic acids is 1. The number of nitrogens with zero attached hydrogens (tertiary/aromatic N) is 4. The van der Waals surface area contributed by atoms with Crippen molar-refractivity contribution < 1.29 is 9.90 Å². The van der Waals surface area contributed by atoms with Crippen LogP contribution in [0.3, 0.4) is 0 Å². The molecule has 0 saturated heterocycles. The first kappa shape index (κ1) is 13.0. The molecule has 0 aromatic carbocycles. The van der Waals surface area contributed by atoms with Crippen LogP contribution in [0.4, 0.5) is 0 Å². The van der Waals surface area contributed by atoms with E-state index < -0.39 is 11.4 Å². The van der Waals surface area contributed by atoms with Crippen LogP contribution >= 0.6 is 0 Å². The summed E-state index contributed by atoms with van der Waals surface area (Å²) < 4.78 is 2.07. The average molecular weight is 252 g/mol. The van der Waals surface area contributed by atoms with Crippen LogP contribution < -0.4 is 0 Å². The van der Waals surface area contributed by atoms with Crippen molar-refractivity contribution in [3.8, 4) is 0 Å². The zero-order valence-corrected chi connectivity index (χ0v) is 11.0. The van der Waals surface area contributed by atoms with Crippen molar-refractivity contribution in [3.05, 3.63) is 12.2 Å². The summed E-state index contributed by atoms with van der Waals surface area (Å²) in [5.74, 6) is 0.277. The first-order chi connectivity index (χ1) is 8.49. The molecule has 1 N–H and O–H groups in total. The minimum absolute atomic E-state index is 0.629. The molecule has 6 nitrogen and oxygen atoms in total. The number of carboxylic acid groups (broad SMARTS) is 1. The predicted molar refractivity (Wildman–Crippen MR) is 65.9 cm³/mol. The fourth-order valence-corrected chi connectivity index (χ4v) is 2.16. The third-order valence-corrected chi connectivity index (χ3v) is 3.57. The molecule has 2 rings (SSSR count). The van der Waals surface area contributed by atoms with E-state index in [0.29, 0.717) is 6.42 Å². The van der Waals surface area contributed by atoms with E-state index in [1.807, 2.05) is 0 Å². The van der Waals surface area contributed by atoms with Gasteiger partial charge in [0.05, 0.1) is 12.0 Å². The largest absolute Gasteiger partial charge is 0.481 e. The normalized spacial score (nSPS) is 16.6. The van der Waals surface area contributed by atoms with Crippen LogP contribution in [0.15, 0.2) is 6.33 Å². The lowest BCUT2D eigenvalue weighted by atomic mass is 9.88. The molecular formula is C12H20N4O2. The molecule has 0 aliphatic carbocycles. The third-order valence-electron chi connectivity index (χ3n) is 3.57. The quantitative estimate of drug-likeness (QED) is 0.846. The van der Waals surface area contributed by atoms with Gasteiger partial charge in [0.1, 0.15) is 12.2 Å². The van der Waals surface area contributed by atoms with Crippen LogP contribution in [0.5, 0.6) is 0 Å². The fraction of sp³-hybridized carbons (Fsp3) is 0.750. The Morgan fingerprint density at radius 1 is 1.50 bits per heavy atom. The highest BCUT2D eigenvalue weighted by Crippen LogP contribution is 2.23. The molecule has 1 aromatic heterocycles. The summed E-state index contributed by atoms with van der Waals surface area (Å²) in [6.45, 7) is 7.20. The second kappa shape index (κ2) is 5.06. The van der Waals surface area contributed by atoms with Gasteiger partial charge in [-0.2, -0.15) is 0 Å². The van der Waals surface area contributed by atoms with Crippen LogP contribution in [0, 0.1) is 5.41 Å². The second-order valence-corrected chi connectivity index (χ2v) is 5.51. The van der Waals surface area contributed by atoms with Crippen LogP contribution in [0.1, 0.15) is 32.5 Å². The molecule has 1 aromatic rings. The number of aliphatic carboxylic acids is 1. The number of hydrogen-bond acceptors (Lipinski definition) is 4. The minimum atomic E-state index is -0.721. The number of rotatable bonds is 5. The van der Waals surface area contributed by atoms with E-state index in [1.165, 1.54) is 0 Å². The predicted octanol–water partition coefficient (Wildman–Crippen LogP) is 0.985. The van der Waals surface area contributed by atoms with Gasteiger partial charge in [0.25, 0.3) is 0 Å². The maximum Gasteiger partial charge on any atom is 0.309 e.